The fraction of sp³-hybridized carbons (Fsp3) is 0.500. The Bertz CT molecular complexity index is 426. The number of ether oxygens (including phenoxy) is 1. The number of hydrogen-bond acceptors (Lipinski definition) is 3. The summed E-state index contributed by atoms with van der Waals surface area (Å²) in [4.78, 5) is 21.7. The Kier molecular flexibility index (Phi) is 7.40. The van der Waals surface area contributed by atoms with Crippen LogP contribution in [0.1, 0.15) is 37.3 Å². The number of methoxy groups -OCH3 is 1. The highest BCUT2D eigenvalue weighted by atomic mass is 16.5. The predicted octanol–water partition coefficient (Wildman–Crippen LogP) is 2.25. The lowest BCUT2D eigenvalue weighted by Gasteiger charge is -2.05. The first-order valence-corrected chi connectivity index (χ1v) is 7.01. The fourth-order valence-electron chi connectivity index (χ4n) is 1.96. The molecular formula is C16H23NO3. The molecule has 0 radical (unpaired) electrons. The molecule has 1 amide bonds. The third kappa shape index (κ3) is 6.92. The van der Waals surface area contributed by atoms with Gasteiger partial charge in [0.2, 0.25) is 5.91 Å². The molecule has 0 fully saturated rings. The van der Waals surface area contributed by atoms with Gasteiger partial charge in [0.05, 0.1) is 7.11 Å². The third-order valence-electron chi connectivity index (χ3n) is 3.13. The van der Waals surface area contributed by atoms with Crippen LogP contribution in [0, 0.1) is 0 Å². The lowest BCUT2D eigenvalue weighted by atomic mass is 10.0. The second-order valence-corrected chi connectivity index (χ2v) is 4.83. The molecule has 0 aliphatic rings. The van der Waals surface area contributed by atoms with Crippen molar-refractivity contribution in [3.63, 3.8) is 0 Å². The molecule has 1 rings (SSSR count). The van der Waals surface area contributed by atoms with Crippen molar-refractivity contribution in [2.45, 2.75) is 39.0 Å². The lowest BCUT2D eigenvalue weighted by Crippen LogP contribution is -2.22. The van der Waals surface area contributed by atoms with Crippen molar-refractivity contribution in [3.8, 4) is 0 Å². The minimum absolute atomic E-state index is 0.00669. The highest BCUT2D eigenvalue weighted by molar-refractivity contribution is 5.72. The molecule has 0 unspecified atom stereocenters. The van der Waals surface area contributed by atoms with Gasteiger partial charge in [-0.05, 0) is 36.8 Å². The standard InChI is InChI=1S/C16H23NO3/c1-13(18)17-12-11-15-9-7-14(8-10-15)5-3-4-6-16(19)20-2/h7-10H,3-6,11-12H2,1-2H3,(H,17,18). The Morgan fingerprint density at radius 2 is 1.65 bits per heavy atom. The maximum atomic E-state index is 11.0. The number of carbonyl (C=O) groups excluding carboxylic acids is 2. The van der Waals surface area contributed by atoms with E-state index in [0.717, 1.165) is 25.7 Å². The first-order chi connectivity index (χ1) is 9.61. The number of nitrogens with one attached hydrogen (secondary N) is 1. The Morgan fingerprint density at radius 3 is 2.20 bits per heavy atom. The van der Waals surface area contributed by atoms with Gasteiger partial charge in [-0.2, -0.15) is 0 Å². The molecule has 4 nitrogen and oxygen atoms in total. The Labute approximate surface area is 120 Å². The average Bonchev–Trinajstić information content (AvgIpc) is 2.44. The molecule has 1 N–H and O–H groups in total. The molecule has 0 aliphatic heterocycles. The summed E-state index contributed by atoms with van der Waals surface area (Å²) in [5.74, 6) is -0.134. The van der Waals surface area contributed by atoms with Crippen LogP contribution < -0.4 is 5.32 Å². The zero-order valence-electron chi connectivity index (χ0n) is 12.3. The van der Waals surface area contributed by atoms with Gasteiger partial charge in [-0.3, -0.25) is 9.59 Å². The lowest BCUT2D eigenvalue weighted by molar-refractivity contribution is -0.140. The van der Waals surface area contributed by atoms with Crippen LogP contribution in [0.2, 0.25) is 0 Å². The SMILES string of the molecule is COC(=O)CCCCc1ccc(CCNC(C)=O)cc1. The zero-order valence-corrected chi connectivity index (χ0v) is 12.3. The van der Waals surface area contributed by atoms with Crippen molar-refractivity contribution in [2.24, 2.45) is 0 Å². The van der Waals surface area contributed by atoms with Crippen molar-refractivity contribution in [1.29, 1.82) is 0 Å². The molecule has 0 aliphatic carbocycles. The second kappa shape index (κ2) is 9.13. The Morgan fingerprint density at radius 1 is 1.05 bits per heavy atom. The zero-order chi connectivity index (χ0) is 14.8. The summed E-state index contributed by atoms with van der Waals surface area (Å²) in [7, 11) is 1.42. The molecule has 20 heavy (non-hydrogen) atoms. The fourth-order valence-corrected chi connectivity index (χ4v) is 1.96. The first kappa shape index (κ1) is 16.2. The van der Waals surface area contributed by atoms with Crippen molar-refractivity contribution in [1.82, 2.24) is 5.32 Å². The van der Waals surface area contributed by atoms with Crippen LogP contribution in [0.25, 0.3) is 0 Å². The van der Waals surface area contributed by atoms with E-state index in [1.807, 2.05) is 0 Å². The van der Waals surface area contributed by atoms with Crippen LogP contribution in [0.5, 0.6) is 0 Å². The summed E-state index contributed by atoms with van der Waals surface area (Å²) < 4.78 is 4.60. The minimum atomic E-state index is -0.140. The molecule has 4 heteroatoms. The van der Waals surface area contributed by atoms with Crippen molar-refractivity contribution >= 4 is 11.9 Å². The summed E-state index contributed by atoms with van der Waals surface area (Å²) in [6, 6.07) is 8.41. The average molecular weight is 277 g/mol. The van der Waals surface area contributed by atoms with Gasteiger partial charge in [-0.25, -0.2) is 0 Å². The highest BCUT2D eigenvalue weighted by Crippen LogP contribution is 2.09. The number of rotatable bonds is 8. The van der Waals surface area contributed by atoms with Gasteiger partial charge in [0.1, 0.15) is 0 Å². The minimum Gasteiger partial charge on any atom is -0.469 e. The number of amides is 1. The van der Waals surface area contributed by atoms with Gasteiger partial charge in [-0.15, -0.1) is 0 Å². The molecule has 0 spiro atoms. The largest absolute Gasteiger partial charge is 0.469 e. The second-order valence-electron chi connectivity index (χ2n) is 4.83. The van der Waals surface area contributed by atoms with E-state index in [9.17, 15) is 9.59 Å². The van der Waals surface area contributed by atoms with E-state index < -0.39 is 0 Å². The first-order valence-electron chi connectivity index (χ1n) is 7.01. The topological polar surface area (TPSA) is 55.4 Å². The van der Waals surface area contributed by atoms with Crippen molar-refractivity contribution in [2.75, 3.05) is 13.7 Å². The van der Waals surface area contributed by atoms with Crippen LogP contribution in [0.3, 0.4) is 0 Å². The van der Waals surface area contributed by atoms with Gasteiger partial charge in [0.15, 0.2) is 0 Å². The molecule has 1 aromatic rings. The van der Waals surface area contributed by atoms with Gasteiger partial charge >= 0.3 is 5.97 Å². The van der Waals surface area contributed by atoms with E-state index in [-0.39, 0.29) is 11.9 Å². The maximum Gasteiger partial charge on any atom is 0.305 e. The number of unbranched alkanes of at least 4 members (excludes halogenated alkanes) is 1. The number of aryl methyl sites for hydroxylation is 1. The molecule has 1 aromatic carbocycles. The predicted molar refractivity (Wildman–Crippen MR) is 78.4 cm³/mol. The van der Waals surface area contributed by atoms with Gasteiger partial charge in [0.25, 0.3) is 0 Å². The number of carbonyl (C=O) groups is 2. The molecule has 0 saturated carbocycles. The van der Waals surface area contributed by atoms with E-state index in [4.69, 9.17) is 0 Å². The molecule has 0 atom stereocenters. The molecule has 0 aromatic heterocycles. The molecule has 0 bridgehead atoms. The van der Waals surface area contributed by atoms with Crippen LogP contribution >= 0.6 is 0 Å². The van der Waals surface area contributed by atoms with Crippen LogP contribution in [0.4, 0.5) is 0 Å². The third-order valence-corrected chi connectivity index (χ3v) is 3.13. The number of hydrogen-bond donors (Lipinski definition) is 1. The molecule has 0 saturated heterocycles. The number of esters is 1. The molecule has 0 heterocycles. The number of benzene rings is 1. The smallest absolute Gasteiger partial charge is 0.305 e. The summed E-state index contributed by atoms with van der Waals surface area (Å²) in [5.41, 5.74) is 2.50. The van der Waals surface area contributed by atoms with E-state index in [2.05, 4.69) is 34.3 Å². The van der Waals surface area contributed by atoms with Crippen LogP contribution in [0.15, 0.2) is 24.3 Å². The van der Waals surface area contributed by atoms with Crippen molar-refractivity contribution in [3.05, 3.63) is 35.4 Å². The Hall–Kier alpha value is -1.84. The summed E-state index contributed by atoms with van der Waals surface area (Å²) in [5, 5.41) is 2.78. The highest BCUT2D eigenvalue weighted by Gasteiger charge is 2.00. The summed E-state index contributed by atoms with van der Waals surface area (Å²) in [6.45, 7) is 2.20. The quantitative estimate of drug-likeness (QED) is 0.585. The van der Waals surface area contributed by atoms with Crippen LogP contribution in [-0.4, -0.2) is 25.5 Å². The monoisotopic (exact) mass is 277 g/mol. The van der Waals surface area contributed by atoms with E-state index in [1.54, 1.807) is 0 Å². The van der Waals surface area contributed by atoms with Gasteiger partial charge in [-0.1, -0.05) is 24.3 Å². The Balaban J connectivity index is 2.24. The van der Waals surface area contributed by atoms with Gasteiger partial charge in [0, 0.05) is 19.9 Å². The van der Waals surface area contributed by atoms with E-state index in [0.29, 0.717) is 13.0 Å². The summed E-state index contributed by atoms with van der Waals surface area (Å²) >= 11 is 0. The normalized spacial score (nSPS) is 10.1. The van der Waals surface area contributed by atoms with Crippen molar-refractivity contribution < 1.29 is 14.3 Å². The molecular weight excluding hydrogens is 254 g/mol. The van der Waals surface area contributed by atoms with E-state index in [1.165, 1.54) is 25.2 Å². The summed E-state index contributed by atoms with van der Waals surface area (Å²) in [6.07, 6.45) is 4.16. The van der Waals surface area contributed by atoms with E-state index >= 15 is 0 Å². The maximum absolute atomic E-state index is 11.0. The molecule has 110 valence electrons. The van der Waals surface area contributed by atoms with Gasteiger partial charge < -0.3 is 10.1 Å². The van der Waals surface area contributed by atoms with Crippen LogP contribution in [-0.2, 0) is 27.2 Å².